The molecule has 0 aliphatic carbocycles. The SMILES string of the molecule is Fc1cccc(COc2ccc(Nc3ncnc4ccc(-c5ccn(CCN6CCCCC6)c5)cc34)cc2Cl)c1. The van der Waals surface area contributed by atoms with Gasteiger partial charge in [-0.25, -0.2) is 14.4 Å². The van der Waals surface area contributed by atoms with Gasteiger partial charge in [0, 0.05) is 36.6 Å². The maximum Gasteiger partial charge on any atom is 0.141 e. The largest absolute Gasteiger partial charge is 0.487 e. The average Bonchev–Trinajstić information content (AvgIpc) is 3.45. The molecule has 5 aromatic rings. The first-order valence-electron chi connectivity index (χ1n) is 13.7. The molecule has 3 aromatic carbocycles. The van der Waals surface area contributed by atoms with Crippen molar-refractivity contribution in [1.82, 2.24) is 19.4 Å². The predicted octanol–water partition coefficient (Wildman–Crippen LogP) is 7.70. The summed E-state index contributed by atoms with van der Waals surface area (Å²) < 4.78 is 21.5. The summed E-state index contributed by atoms with van der Waals surface area (Å²) in [5.41, 5.74) is 4.64. The van der Waals surface area contributed by atoms with E-state index in [0.717, 1.165) is 46.4 Å². The summed E-state index contributed by atoms with van der Waals surface area (Å²) in [5.74, 6) is 0.925. The molecule has 6 rings (SSSR count). The summed E-state index contributed by atoms with van der Waals surface area (Å²) in [6, 6.07) is 20.2. The highest BCUT2D eigenvalue weighted by Crippen LogP contribution is 2.32. The van der Waals surface area contributed by atoms with Crippen molar-refractivity contribution < 1.29 is 9.13 Å². The second-order valence-corrected chi connectivity index (χ2v) is 10.6. The Bertz CT molecular complexity index is 1610. The van der Waals surface area contributed by atoms with Gasteiger partial charge in [0.2, 0.25) is 0 Å². The number of piperidine rings is 1. The number of nitrogens with zero attached hydrogens (tertiary/aromatic N) is 4. The highest BCUT2D eigenvalue weighted by molar-refractivity contribution is 6.32. The zero-order valence-corrected chi connectivity index (χ0v) is 22.9. The van der Waals surface area contributed by atoms with Gasteiger partial charge in [0.15, 0.2) is 0 Å². The van der Waals surface area contributed by atoms with Crippen LogP contribution in [-0.2, 0) is 13.2 Å². The lowest BCUT2D eigenvalue weighted by molar-refractivity contribution is 0.221. The van der Waals surface area contributed by atoms with Crippen molar-refractivity contribution in [3.05, 3.63) is 102 Å². The van der Waals surface area contributed by atoms with Crippen LogP contribution < -0.4 is 10.1 Å². The van der Waals surface area contributed by atoms with Crippen LogP contribution >= 0.6 is 11.6 Å². The first kappa shape index (κ1) is 26.3. The number of halogens is 2. The van der Waals surface area contributed by atoms with E-state index in [9.17, 15) is 4.39 Å². The molecule has 2 aromatic heterocycles. The van der Waals surface area contributed by atoms with Crippen LogP contribution in [0.1, 0.15) is 24.8 Å². The van der Waals surface area contributed by atoms with Crippen LogP contribution in [0.2, 0.25) is 5.02 Å². The quantitative estimate of drug-likeness (QED) is 0.202. The smallest absolute Gasteiger partial charge is 0.141 e. The zero-order chi connectivity index (χ0) is 27.3. The second kappa shape index (κ2) is 12.1. The minimum Gasteiger partial charge on any atom is -0.487 e. The number of fused-ring (bicyclic) bond motifs is 1. The summed E-state index contributed by atoms with van der Waals surface area (Å²) in [6.07, 6.45) is 9.91. The van der Waals surface area contributed by atoms with Crippen molar-refractivity contribution in [1.29, 1.82) is 0 Å². The van der Waals surface area contributed by atoms with E-state index >= 15 is 0 Å². The number of anilines is 2. The van der Waals surface area contributed by atoms with Gasteiger partial charge in [-0.3, -0.25) is 0 Å². The van der Waals surface area contributed by atoms with Gasteiger partial charge in [-0.05, 0) is 91.2 Å². The van der Waals surface area contributed by atoms with E-state index < -0.39 is 0 Å². The molecule has 0 radical (unpaired) electrons. The third-order valence-corrected chi connectivity index (χ3v) is 7.62. The van der Waals surface area contributed by atoms with E-state index in [1.165, 1.54) is 44.5 Å². The van der Waals surface area contributed by atoms with Crippen LogP contribution in [0.5, 0.6) is 5.75 Å². The Labute approximate surface area is 238 Å². The molecule has 0 bridgehead atoms. The van der Waals surface area contributed by atoms with Crippen molar-refractivity contribution in [3.63, 3.8) is 0 Å². The van der Waals surface area contributed by atoms with Crippen LogP contribution in [0, 0.1) is 5.82 Å². The third kappa shape index (κ3) is 6.27. The van der Waals surface area contributed by atoms with Gasteiger partial charge in [0.25, 0.3) is 0 Å². The maximum absolute atomic E-state index is 13.5. The zero-order valence-electron chi connectivity index (χ0n) is 22.2. The van der Waals surface area contributed by atoms with Gasteiger partial charge in [-0.2, -0.15) is 0 Å². The number of likely N-dealkylation sites (tertiary alicyclic amines) is 1. The van der Waals surface area contributed by atoms with Gasteiger partial charge in [0.05, 0.1) is 10.5 Å². The molecule has 8 heteroatoms. The molecule has 40 heavy (non-hydrogen) atoms. The van der Waals surface area contributed by atoms with E-state index in [1.807, 2.05) is 18.2 Å². The van der Waals surface area contributed by atoms with E-state index in [1.54, 1.807) is 24.5 Å². The first-order valence-corrected chi connectivity index (χ1v) is 14.1. The van der Waals surface area contributed by atoms with Crippen molar-refractivity contribution in [3.8, 4) is 16.9 Å². The molecule has 1 aliphatic heterocycles. The summed E-state index contributed by atoms with van der Waals surface area (Å²) in [7, 11) is 0. The van der Waals surface area contributed by atoms with Crippen molar-refractivity contribution in [2.75, 3.05) is 25.0 Å². The van der Waals surface area contributed by atoms with Gasteiger partial charge < -0.3 is 19.5 Å². The molecule has 1 aliphatic rings. The Hall–Kier alpha value is -3.94. The van der Waals surface area contributed by atoms with Crippen LogP contribution in [0.4, 0.5) is 15.9 Å². The molecular weight excluding hydrogens is 525 g/mol. The summed E-state index contributed by atoms with van der Waals surface area (Å²) in [5, 5.41) is 4.76. The van der Waals surface area contributed by atoms with Crippen LogP contribution in [0.3, 0.4) is 0 Å². The summed E-state index contributed by atoms with van der Waals surface area (Å²) in [6.45, 7) is 4.73. The summed E-state index contributed by atoms with van der Waals surface area (Å²) >= 11 is 6.52. The molecule has 6 nitrogen and oxygen atoms in total. The Morgan fingerprint density at radius 1 is 0.900 bits per heavy atom. The maximum atomic E-state index is 13.5. The molecular formula is C32H31ClFN5O. The standard InChI is InChI=1S/C32H31ClFN5O/c33-29-19-27(8-10-31(29)40-21-23-5-4-6-26(34)17-23)37-32-28-18-24(7-9-30(28)35-22-36-32)25-11-14-39(20-25)16-15-38-12-2-1-3-13-38/h4-11,14,17-20,22H,1-3,12-13,15-16,21H2,(H,35,36,37). The topological polar surface area (TPSA) is 55.2 Å². The molecule has 1 saturated heterocycles. The van der Waals surface area contributed by atoms with E-state index in [2.05, 4.69) is 55.3 Å². The highest BCUT2D eigenvalue weighted by Gasteiger charge is 2.12. The molecule has 204 valence electrons. The number of aromatic nitrogens is 3. The van der Waals surface area contributed by atoms with Gasteiger partial charge in [-0.15, -0.1) is 0 Å². The number of ether oxygens (including phenoxy) is 1. The summed E-state index contributed by atoms with van der Waals surface area (Å²) in [4.78, 5) is 11.5. The minimum absolute atomic E-state index is 0.226. The fraction of sp³-hybridized carbons (Fsp3) is 0.250. The minimum atomic E-state index is -0.294. The third-order valence-electron chi connectivity index (χ3n) is 7.32. The van der Waals surface area contributed by atoms with E-state index in [-0.39, 0.29) is 12.4 Å². The highest BCUT2D eigenvalue weighted by atomic mass is 35.5. The van der Waals surface area contributed by atoms with Gasteiger partial charge >= 0.3 is 0 Å². The van der Waals surface area contributed by atoms with Gasteiger partial charge in [-0.1, -0.05) is 36.2 Å². The Morgan fingerprint density at radius 2 is 1.80 bits per heavy atom. The lowest BCUT2D eigenvalue weighted by Gasteiger charge is -2.26. The molecule has 0 spiro atoms. The average molecular weight is 556 g/mol. The van der Waals surface area contributed by atoms with Gasteiger partial charge in [0.1, 0.15) is 30.3 Å². The lowest BCUT2D eigenvalue weighted by Crippen LogP contribution is -2.32. The van der Waals surface area contributed by atoms with Crippen LogP contribution in [0.25, 0.3) is 22.0 Å². The van der Waals surface area contributed by atoms with E-state index in [0.29, 0.717) is 16.6 Å². The van der Waals surface area contributed by atoms with Crippen LogP contribution in [-0.4, -0.2) is 39.1 Å². The Morgan fingerprint density at radius 3 is 2.65 bits per heavy atom. The monoisotopic (exact) mass is 555 g/mol. The lowest BCUT2D eigenvalue weighted by atomic mass is 10.1. The van der Waals surface area contributed by atoms with Crippen molar-refractivity contribution in [2.45, 2.75) is 32.4 Å². The number of hydrogen-bond donors (Lipinski definition) is 1. The number of hydrogen-bond acceptors (Lipinski definition) is 5. The Balaban J connectivity index is 1.16. The molecule has 1 N–H and O–H groups in total. The number of benzene rings is 3. The molecule has 0 atom stereocenters. The van der Waals surface area contributed by atoms with Crippen molar-refractivity contribution >= 4 is 34.0 Å². The number of rotatable bonds is 9. The van der Waals surface area contributed by atoms with Crippen molar-refractivity contribution in [2.24, 2.45) is 0 Å². The fourth-order valence-corrected chi connectivity index (χ4v) is 5.38. The second-order valence-electron chi connectivity index (χ2n) is 10.2. The molecule has 3 heterocycles. The molecule has 1 fully saturated rings. The predicted molar refractivity (Wildman–Crippen MR) is 159 cm³/mol. The molecule has 0 saturated carbocycles. The first-order chi connectivity index (χ1) is 19.6. The molecule has 0 unspecified atom stereocenters. The van der Waals surface area contributed by atoms with Crippen LogP contribution in [0.15, 0.2) is 85.5 Å². The Kier molecular flexibility index (Phi) is 7.93. The fourth-order valence-electron chi connectivity index (χ4n) is 5.15. The normalized spacial score (nSPS) is 13.9. The van der Waals surface area contributed by atoms with E-state index in [4.69, 9.17) is 16.3 Å². The number of nitrogens with one attached hydrogen (secondary N) is 1. The molecule has 0 amide bonds.